The lowest BCUT2D eigenvalue weighted by Gasteiger charge is -2.22. The molecule has 0 N–H and O–H groups in total. The van der Waals surface area contributed by atoms with Gasteiger partial charge in [-0.05, 0) is 56.4 Å². The molecule has 1 aliphatic rings. The Labute approximate surface area is 165 Å². The van der Waals surface area contributed by atoms with Crippen LogP contribution in [-0.4, -0.2) is 62.8 Å². The van der Waals surface area contributed by atoms with Gasteiger partial charge in [-0.1, -0.05) is 0 Å². The molecule has 0 atom stereocenters. The molecule has 2 rings (SSSR count). The van der Waals surface area contributed by atoms with Crippen molar-refractivity contribution in [1.82, 2.24) is 9.21 Å². The number of hydrogen-bond acceptors (Lipinski definition) is 5. The highest BCUT2D eigenvalue weighted by Gasteiger charge is 2.28. The normalized spacial score (nSPS) is 14.1. The fourth-order valence-electron chi connectivity index (χ4n) is 2.75. The summed E-state index contributed by atoms with van der Waals surface area (Å²) in [5.74, 6) is -0.704. The van der Waals surface area contributed by atoms with Crippen LogP contribution in [0.4, 0.5) is 4.39 Å². The molecule has 1 amide bonds. The van der Waals surface area contributed by atoms with E-state index >= 15 is 0 Å². The quantitative estimate of drug-likeness (QED) is 0.518. The number of amides is 1. The van der Waals surface area contributed by atoms with E-state index in [0.717, 1.165) is 29.3 Å². The minimum Gasteiger partial charge on any atom is -0.465 e. The van der Waals surface area contributed by atoms with Crippen molar-refractivity contribution in [3.63, 3.8) is 0 Å². The third-order valence-corrected chi connectivity index (χ3v) is 6.41. The van der Waals surface area contributed by atoms with E-state index in [0.29, 0.717) is 18.9 Å². The summed E-state index contributed by atoms with van der Waals surface area (Å²) in [7, 11) is -2.32. The first-order valence-electron chi connectivity index (χ1n) is 9.39. The fourth-order valence-corrected chi connectivity index (χ4v) is 3.96. The largest absolute Gasteiger partial charge is 0.465 e. The average Bonchev–Trinajstić information content (AvgIpc) is 3.45. The molecule has 9 heteroatoms. The number of esters is 1. The van der Waals surface area contributed by atoms with Gasteiger partial charge in [0.25, 0.3) is 0 Å². The Bertz CT molecular complexity index is 778. The number of rotatable bonds is 11. The van der Waals surface area contributed by atoms with E-state index in [1.807, 2.05) is 0 Å². The van der Waals surface area contributed by atoms with E-state index in [1.165, 1.54) is 24.1 Å². The van der Waals surface area contributed by atoms with Crippen molar-refractivity contribution in [3.8, 4) is 0 Å². The van der Waals surface area contributed by atoms with E-state index in [-0.39, 0.29) is 36.9 Å². The standard InChI is InChI=1S/C19H27FN2O5S/c1-3-27-19(24)14-22(13-15-6-7-15)18(23)5-4-12-21(2)28(25,26)17-10-8-16(20)9-11-17/h8-11,15H,3-7,12-14H2,1-2H3. The highest BCUT2D eigenvalue weighted by molar-refractivity contribution is 7.89. The number of benzene rings is 1. The molecule has 7 nitrogen and oxygen atoms in total. The van der Waals surface area contributed by atoms with Gasteiger partial charge in [-0.3, -0.25) is 9.59 Å². The molecule has 0 unspecified atom stereocenters. The van der Waals surface area contributed by atoms with Crippen LogP contribution in [0.2, 0.25) is 0 Å². The van der Waals surface area contributed by atoms with Gasteiger partial charge < -0.3 is 9.64 Å². The van der Waals surface area contributed by atoms with Gasteiger partial charge in [0.2, 0.25) is 15.9 Å². The maximum absolute atomic E-state index is 13.0. The molecule has 1 aromatic carbocycles. The van der Waals surface area contributed by atoms with Gasteiger partial charge in [0.1, 0.15) is 12.4 Å². The first kappa shape index (κ1) is 22.3. The number of ether oxygens (including phenoxy) is 1. The Kier molecular flexibility index (Phi) is 7.94. The Morgan fingerprint density at radius 1 is 1.21 bits per heavy atom. The number of sulfonamides is 1. The van der Waals surface area contributed by atoms with E-state index in [4.69, 9.17) is 4.74 Å². The zero-order valence-electron chi connectivity index (χ0n) is 16.3. The lowest BCUT2D eigenvalue weighted by atomic mass is 10.2. The second kappa shape index (κ2) is 9.97. The molecule has 0 radical (unpaired) electrons. The van der Waals surface area contributed by atoms with Gasteiger partial charge in [-0.2, -0.15) is 0 Å². The summed E-state index contributed by atoms with van der Waals surface area (Å²) >= 11 is 0. The topological polar surface area (TPSA) is 84.0 Å². The number of carbonyl (C=O) groups excluding carboxylic acids is 2. The molecule has 156 valence electrons. The summed E-state index contributed by atoms with van der Waals surface area (Å²) in [5.41, 5.74) is 0. The minimum absolute atomic E-state index is 0.000368. The highest BCUT2D eigenvalue weighted by Crippen LogP contribution is 2.30. The lowest BCUT2D eigenvalue weighted by Crippen LogP contribution is -2.38. The molecule has 1 aromatic rings. The first-order valence-corrected chi connectivity index (χ1v) is 10.8. The van der Waals surface area contributed by atoms with Crippen LogP contribution in [0, 0.1) is 11.7 Å². The number of carbonyl (C=O) groups is 2. The van der Waals surface area contributed by atoms with Crippen LogP contribution in [-0.2, 0) is 24.3 Å². The van der Waals surface area contributed by atoms with Crippen LogP contribution >= 0.6 is 0 Å². The fraction of sp³-hybridized carbons (Fsp3) is 0.579. The molecule has 28 heavy (non-hydrogen) atoms. The maximum atomic E-state index is 13.0. The summed E-state index contributed by atoms with van der Waals surface area (Å²) in [6.45, 7) is 2.56. The van der Waals surface area contributed by atoms with Crippen molar-refractivity contribution in [3.05, 3.63) is 30.1 Å². The molecule has 0 spiro atoms. The van der Waals surface area contributed by atoms with Gasteiger partial charge >= 0.3 is 5.97 Å². The molecular weight excluding hydrogens is 387 g/mol. The number of halogens is 1. The summed E-state index contributed by atoms with van der Waals surface area (Å²) in [6, 6.07) is 4.61. The average molecular weight is 414 g/mol. The smallest absolute Gasteiger partial charge is 0.325 e. The Morgan fingerprint density at radius 2 is 1.86 bits per heavy atom. The van der Waals surface area contributed by atoms with Crippen LogP contribution in [0.25, 0.3) is 0 Å². The molecule has 0 aliphatic heterocycles. The predicted molar refractivity (Wildman–Crippen MR) is 101 cm³/mol. The van der Waals surface area contributed by atoms with E-state index < -0.39 is 21.8 Å². The zero-order valence-corrected chi connectivity index (χ0v) is 17.1. The molecule has 0 saturated heterocycles. The Balaban J connectivity index is 1.87. The monoisotopic (exact) mass is 414 g/mol. The molecule has 1 fully saturated rings. The van der Waals surface area contributed by atoms with E-state index in [1.54, 1.807) is 6.92 Å². The van der Waals surface area contributed by atoms with Gasteiger partial charge in [-0.25, -0.2) is 17.1 Å². The SMILES string of the molecule is CCOC(=O)CN(CC1CC1)C(=O)CCCN(C)S(=O)(=O)c1ccc(F)cc1. The van der Waals surface area contributed by atoms with Crippen LogP contribution in [0.15, 0.2) is 29.2 Å². The number of hydrogen-bond donors (Lipinski definition) is 0. The minimum atomic E-state index is -3.74. The van der Waals surface area contributed by atoms with Crippen LogP contribution in [0.5, 0.6) is 0 Å². The van der Waals surface area contributed by atoms with Crippen molar-refractivity contribution in [2.45, 2.75) is 37.5 Å². The van der Waals surface area contributed by atoms with Crippen LogP contribution in [0.3, 0.4) is 0 Å². The van der Waals surface area contributed by atoms with Crippen molar-refractivity contribution in [2.24, 2.45) is 5.92 Å². The van der Waals surface area contributed by atoms with Crippen LogP contribution < -0.4 is 0 Å². The third kappa shape index (κ3) is 6.56. The van der Waals surface area contributed by atoms with Gasteiger partial charge in [0.15, 0.2) is 0 Å². The Morgan fingerprint density at radius 3 is 2.43 bits per heavy atom. The number of nitrogens with zero attached hydrogens (tertiary/aromatic N) is 2. The highest BCUT2D eigenvalue weighted by atomic mass is 32.2. The predicted octanol–water partition coefficient (Wildman–Crippen LogP) is 2.03. The second-order valence-electron chi connectivity index (χ2n) is 6.91. The van der Waals surface area contributed by atoms with Crippen molar-refractivity contribution in [1.29, 1.82) is 0 Å². The summed E-state index contributed by atoms with van der Waals surface area (Å²) in [6.07, 6.45) is 2.55. The summed E-state index contributed by atoms with van der Waals surface area (Å²) in [4.78, 5) is 25.7. The molecule has 1 aliphatic carbocycles. The Hall–Kier alpha value is -2.00. The van der Waals surface area contributed by atoms with Gasteiger partial charge in [0, 0.05) is 26.6 Å². The van der Waals surface area contributed by atoms with Gasteiger partial charge in [0.05, 0.1) is 11.5 Å². The van der Waals surface area contributed by atoms with E-state index in [9.17, 15) is 22.4 Å². The molecule has 0 heterocycles. The van der Waals surface area contributed by atoms with Crippen molar-refractivity contribution in [2.75, 3.05) is 33.3 Å². The third-order valence-electron chi connectivity index (χ3n) is 4.54. The summed E-state index contributed by atoms with van der Waals surface area (Å²) in [5, 5.41) is 0. The van der Waals surface area contributed by atoms with Crippen molar-refractivity contribution >= 4 is 21.9 Å². The van der Waals surface area contributed by atoms with Crippen LogP contribution in [0.1, 0.15) is 32.6 Å². The second-order valence-corrected chi connectivity index (χ2v) is 8.95. The molecule has 0 bridgehead atoms. The maximum Gasteiger partial charge on any atom is 0.325 e. The zero-order chi connectivity index (χ0) is 20.7. The van der Waals surface area contributed by atoms with Crippen molar-refractivity contribution < 1.29 is 27.1 Å². The lowest BCUT2D eigenvalue weighted by molar-refractivity contribution is -0.149. The molecule has 1 saturated carbocycles. The van der Waals surface area contributed by atoms with E-state index in [2.05, 4.69) is 0 Å². The van der Waals surface area contributed by atoms with Gasteiger partial charge in [-0.15, -0.1) is 0 Å². The molecule has 0 aromatic heterocycles. The first-order chi connectivity index (χ1) is 13.2. The summed E-state index contributed by atoms with van der Waals surface area (Å²) < 4.78 is 44.0. The molecular formula is C19H27FN2O5S.